The number of hydrogen-bond donors (Lipinski definition) is 1. The average Bonchev–Trinajstić information content (AvgIpc) is 3.07. The Labute approximate surface area is 198 Å². The van der Waals surface area contributed by atoms with E-state index in [2.05, 4.69) is 38.7 Å². The van der Waals surface area contributed by atoms with Crippen molar-refractivity contribution in [2.45, 2.75) is 91.1 Å². The lowest BCUT2D eigenvalue weighted by Gasteiger charge is -2.36. The molecule has 1 saturated heterocycles. The van der Waals surface area contributed by atoms with Gasteiger partial charge >= 0.3 is 0 Å². The number of carbonyl (C=O) groups excluding carboxylic acids is 3. The number of piperidine rings is 1. The molecule has 0 aromatic heterocycles. The molecule has 2 heterocycles. The van der Waals surface area contributed by atoms with E-state index in [1.807, 2.05) is 12.1 Å². The number of nitrogens with one attached hydrogen (secondary N) is 1. The molecule has 33 heavy (non-hydrogen) atoms. The molecule has 1 aliphatic carbocycles. The minimum Gasteiger partial charge on any atom is -0.329 e. The molecule has 2 fully saturated rings. The van der Waals surface area contributed by atoms with Crippen LogP contribution in [-0.2, 0) is 22.6 Å². The summed E-state index contributed by atoms with van der Waals surface area (Å²) in [7, 11) is 0. The SMILES string of the molecule is C=C1CCC(N2Cc3cc(CCC(=O)CC4CCC(C(C)(C)C)CC4)ccc3C2=O)C(=O)N1. The third kappa shape index (κ3) is 5.39. The molecule has 0 radical (unpaired) electrons. The summed E-state index contributed by atoms with van der Waals surface area (Å²) < 4.78 is 0. The number of fused-ring (bicyclic) bond motifs is 1. The maximum Gasteiger partial charge on any atom is 0.255 e. The molecule has 1 N–H and O–H groups in total. The molecule has 1 saturated carbocycles. The Hall–Kier alpha value is -2.43. The van der Waals surface area contributed by atoms with Crippen LogP contribution in [0.15, 0.2) is 30.5 Å². The number of hydrogen-bond acceptors (Lipinski definition) is 3. The zero-order valence-corrected chi connectivity index (χ0v) is 20.4. The Morgan fingerprint density at radius 2 is 1.85 bits per heavy atom. The molecule has 0 spiro atoms. The van der Waals surface area contributed by atoms with Crippen molar-refractivity contribution in [1.82, 2.24) is 10.2 Å². The molecule has 1 atom stereocenters. The van der Waals surface area contributed by atoms with Crippen molar-refractivity contribution in [2.75, 3.05) is 0 Å². The minimum atomic E-state index is -0.436. The van der Waals surface area contributed by atoms with Gasteiger partial charge in [-0.2, -0.15) is 0 Å². The van der Waals surface area contributed by atoms with Gasteiger partial charge in [0.2, 0.25) is 5.91 Å². The van der Waals surface area contributed by atoms with Gasteiger partial charge in [-0.15, -0.1) is 0 Å². The van der Waals surface area contributed by atoms with E-state index in [0.29, 0.717) is 61.3 Å². The van der Waals surface area contributed by atoms with Crippen LogP contribution >= 0.6 is 0 Å². The standard InChI is InChI=1S/C28H38N2O3/c1-18-5-14-25(26(32)29-18)30-17-21-15-19(9-13-24(21)27(30)33)8-12-23(31)16-20-6-10-22(11-7-20)28(2,3)4/h9,13,15,20,22,25H,1,5-8,10-12,14,16-17H2,2-4H3,(H,29,32). The number of benzene rings is 1. The topological polar surface area (TPSA) is 66.5 Å². The number of nitrogens with zero attached hydrogens (tertiary/aromatic N) is 1. The van der Waals surface area contributed by atoms with E-state index in [1.165, 1.54) is 25.7 Å². The molecular weight excluding hydrogens is 412 g/mol. The van der Waals surface area contributed by atoms with Crippen molar-refractivity contribution < 1.29 is 14.4 Å². The Morgan fingerprint density at radius 3 is 2.52 bits per heavy atom. The van der Waals surface area contributed by atoms with E-state index in [9.17, 15) is 14.4 Å². The van der Waals surface area contributed by atoms with E-state index in [1.54, 1.807) is 4.90 Å². The van der Waals surface area contributed by atoms with Crippen molar-refractivity contribution >= 4 is 17.6 Å². The van der Waals surface area contributed by atoms with Gasteiger partial charge in [-0.25, -0.2) is 0 Å². The van der Waals surface area contributed by atoms with Crippen LogP contribution in [0, 0.1) is 17.3 Å². The summed E-state index contributed by atoms with van der Waals surface area (Å²) in [4.78, 5) is 39.6. The highest BCUT2D eigenvalue weighted by Crippen LogP contribution is 2.40. The second kappa shape index (κ2) is 9.44. The quantitative estimate of drug-likeness (QED) is 0.649. The summed E-state index contributed by atoms with van der Waals surface area (Å²) in [5.41, 5.74) is 3.82. The summed E-state index contributed by atoms with van der Waals surface area (Å²) in [5, 5.41) is 2.78. The normalized spacial score (nSPS) is 25.7. The van der Waals surface area contributed by atoms with Gasteiger partial charge < -0.3 is 10.2 Å². The van der Waals surface area contributed by atoms with Crippen LogP contribution in [0.5, 0.6) is 0 Å². The Kier molecular flexibility index (Phi) is 6.78. The molecular formula is C28H38N2O3. The number of ketones is 1. The number of carbonyl (C=O) groups is 3. The molecule has 178 valence electrons. The van der Waals surface area contributed by atoms with E-state index in [-0.39, 0.29) is 11.8 Å². The highest BCUT2D eigenvalue weighted by Gasteiger charge is 2.38. The summed E-state index contributed by atoms with van der Waals surface area (Å²) in [5.74, 6) is 1.45. The van der Waals surface area contributed by atoms with E-state index < -0.39 is 6.04 Å². The lowest BCUT2D eigenvalue weighted by molar-refractivity contribution is -0.126. The van der Waals surface area contributed by atoms with Gasteiger partial charge in [0.05, 0.1) is 0 Å². The molecule has 1 unspecified atom stereocenters. The number of rotatable bonds is 6. The van der Waals surface area contributed by atoms with E-state index >= 15 is 0 Å². The largest absolute Gasteiger partial charge is 0.329 e. The fourth-order valence-electron chi connectivity index (χ4n) is 5.80. The molecule has 1 aromatic carbocycles. The third-order valence-corrected chi connectivity index (χ3v) is 7.98. The maximum absolute atomic E-state index is 12.9. The van der Waals surface area contributed by atoms with Crippen molar-refractivity contribution in [3.05, 3.63) is 47.2 Å². The highest BCUT2D eigenvalue weighted by molar-refractivity contribution is 6.01. The van der Waals surface area contributed by atoms with Crippen molar-refractivity contribution in [1.29, 1.82) is 0 Å². The first-order chi connectivity index (χ1) is 15.6. The van der Waals surface area contributed by atoms with Crippen LogP contribution in [0.1, 0.15) is 93.6 Å². The predicted molar refractivity (Wildman–Crippen MR) is 129 cm³/mol. The molecule has 1 aromatic rings. The van der Waals surface area contributed by atoms with Crippen molar-refractivity contribution in [2.24, 2.45) is 17.3 Å². The molecule has 3 aliphatic rings. The van der Waals surface area contributed by atoms with Crippen LogP contribution in [-0.4, -0.2) is 28.5 Å². The fourth-order valence-corrected chi connectivity index (χ4v) is 5.80. The molecule has 5 heteroatoms. The molecule has 2 amide bonds. The Morgan fingerprint density at radius 1 is 1.12 bits per heavy atom. The Balaban J connectivity index is 1.28. The number of aryl methyl sites for hydroxylation is 1. The first-order valence-corrected chi connectivity index (χ1v) is 12.5. The molecule has 4 rings (SSSR count). The summed E-state index contributed by atoms with van der Waals surface area (Å²) in [6.45, 7) is 11.3. The fraction of sp³-hybridized carbons (Fsp3) is 0.607. The van der Waals surface area contributed by atoms with Crippen LogP contribution in [0.25, 0.3) is 0 Å². The highest BCUT2D eigenvalue weighted by atomic mass is 16.2. The second-order valence-corrected chi connectivity index (χ2v) is 11.4. The van der Waals surface area contributed by atoms with E-state index in [0.717, 1.165) is 22.7 Å². The lowest BCUT2D eigenvalue weighted by atomic mass is 9.69. The molecule has 2 aliphatic heterocycles. The van der Waals surface area contributed by atoms with Gasteiger partial charge in [-0.05, 0) is 79.4 Å². The predicted octanol–water partition coefficient (Wildman–Crippen LogP) is 5.18. The third-order valence-electron chi connectivity index (χ3n) is 7.98. The van der Waals surface area contributed by atoms with Gasteiger partial charge in [0, 0.05) is 30.6 Å². The first-order valence-electron chi connectivity index (χ1n) is 12.5. The van der Waals surface area contributed by atoms with Gasteiger partial charge in [-0.1, -0.05) is 39.5 Å². The monoisotopic (exact) mass is 450 g/mol. The van der Waals surface area contributed by atoms with Crippen molar-refractivity contribution in [3.63, 3.8) is 0 Å². The van der Waals surface area contributed by atoms with Crippen LogP contribution in [0.3, 0.4) is 0 Å². The van der Waals surface area contributed by atoms with Crippen LogP contribution in [0.4, 0.5) is 0 Å². The average molecular weight is 451 g/mol. The summed E-state index contributed by atoms with van der Waals surface area (Å²) >= 11 is 0. The molecule has 0 bridgehead atoms. The summed E-state index contributed by atoms with van der Waals surface area (Å²) in [6, 6.07) is 5.44. The van der Waals surface area contributed by atoms with Crippen LogP contribution in [0.2, 0.25) is 0 Å². The lowest BCUT2D eigenvalue weighted by Crippen LogP contribution is -2.49. The van der Waals surface area contributed by atoms with Gasteiger partial charge in [0.1, 0.15) is 11.8 Å². The Bertz CT molecular complexity index is 950. The van der Waals surface area contributed by atoms with Gasteiger partial charge in [-0.3, -0.25) is 14.4 Å². The number of allylic oxidation sites excluding steroid dienone is 1. The van der Waals surface area contributed by atoms with Crippen molar-refractivity contribution in [3.8, 4) is 0 Å². The van der Waals surface area contributed by atoms with Gasteiger partial charge in [0.25, 0.3) is 5.91 Å². The number of amides is 2. The van der Waals surface area contributed by atoms with E-state index in [4.69, 9.17) is 0 Å². The maximum atomic E-state index is 12.9. The first kappa shape index (κ1) is 23.7. The number of Topliss-reactive ketones (excluding diaryl/α,β-unsaturated/α-hetero) is 1. The minimum absolute atomic E-state index is 0.0776. The second-order valence-electron chi connectivity index (χ2n) is 11.4. The zero-order chi connectivity index (χ0) is 23.8. The molecule has 5 nitrogen and oxygen atoms in total. The van der Waals surface area contributed by atoms with Crippen LogP contribution < -0.4 is 5.32 Å². The smallest absolute Gasteiger partial charge is 0.255 e. The zero-order valence-electron chi connectivity index (χ0n) is 20.4. The van der Waals surface area contributed by atoms with Gasteiger partial charge in [0.15, 0.2) is 0 Å². The summed E-state index contributed by atoms with van der Waals surface area (Å²) in [6.07, 6.45) is 8.11.